The summed E-state index contributed by atoms with van der Waals surface area (Å²) in [6, 6.07) is 0. The Labute approximate surface area is 53.0 Å². The number of aliphatic carboxylic acids is 1. The van der Waals surface area contributed by atoms with Gasteiger partial charge in [0.05, 0.1) is 0 Å². The molecular weight excluding hydrogens is 120 g/mol. The molecule has 50 valence electrons. The zero-order valence-corrected chi connectivity index (χ0v) is 4.91. The lowest BCUT2D eigenvalue weighted by atomic mass is 10.3. The third kappa shape index (κ3) is 6.88. The summed E-state index contributed by atoms with van der Waals surface area (Å²) in [4.78, 5) is 19.5. The van der Waals surface area contributed by atoms with Gasteiger partial charge in [-0.15, -0.1) is 0 Å². The largest absolute Gasteiger partial charge is 0.478 e. The van der Waals surface area contributed by atoms with Crippen LogP contribution < -0.4 is 0 Å². The highest BCUT2D eigenvalue weighted by Gasteiger charge is 1.83. The zero-order chi connectivity index (χ0) is 7.11. The van der Waals surface area contributed by atoms with Gasteiger partial charge in [0, 0.05) is 12.5 Å². The van der Waals surface area contributed by atoms with Crippen LogP contribution in [0.3, 0.4) is 0 Å². The first-order chi connectivity index (χ1) is 4.27. The van der Waals surface area contributed by atoms with Crippen LogP contribution in [0.4, 0.5) is 0 Å². The first kappa shape index (κ1) is 7.88. The molecule has 0 aromatic carbocycles. The molecule has 0 aliphatic heterocycles. The van der Waals surface area contributed by atoms with Crippen molar-refractivity contribution >= 4 is 12.3 Å². The molecule has 0 saturated carbocycles. The Morgan fingerprint density at radius 2 is 2.11 bits per heavy atom. The minimum atomic E-state index is -0.971. The van der Waals surface area contributed by atoms with Crippen LogP contribution in [0, 0.1) is 0 Å². The Kier molecular flexibility index (Phi) is 4.40. The van der Waals surface area contributed by atoms with E-state index in [1.54, 1.807) is 0 Å². The van der Waals surface area contributed by atoms with E-state index in [-0.39, 0.29) is 0 Å². The van der Waals surface area contributed by atoms with E-state index >= 15 is 0 Å². The zero-order valence-electron chi connectivity index (χ0n) is 4.91. The predicted octanol–water partition coefficient (Wildman–Crippen LogP) is 0.606. The van der Waals surface area contributed by atoms with Crippen molar-refractivity contribution in [2.75, 3.05) is 0 Å². The highest BCUT2D eigenvalue weighted by molar-refractivity contribution is 5.79. The predicted molar refractivity (Wildman–Crippen MR) is 32.1 cm³/mol. The van der Waals surface area contributed by atoms with Crippen LogP contribution in [0.15, 0.2) is 12.2 Å². The van der Waals surface area contributed by atoms with Gasteiger partial charge >= 0.3 is 5.97 Å². The summed E-state index contributed by atoms with van der Waals surface area (Å²) in [7, 11) is 0. The first-order valence-corrected chi connectivity index (χ1v) is 2.60. The smallest absolute Gasteiger partial charge is 0.327 e. The second-order valence-corrected chi connectivity index (χ2v) is 1.48. The molecular formula is C6H8O3. The van der Waals surface area contributed by atoms with E-state index in [2.05, 4.69) is 0 Å². The second-order valence-electron chi connectivity index (χ2n) is 1.48. The molecule has 0 aliphatic carbocycles. The number of hydrogen-bond acceptors (Lipinski definition) is 2. The molecule has 0 unspecified atom stereocenters. The number of carbonyl (C=O) groups is 2. The number of carboxylic acids is 1. The molecule has 0 atom stereocenters. The van der Waals surface area contributed by atoms with E-state index in [0.29, 0.717) is 12.8 Å². The molecule has 1 N–H and O–H groups in total. The van der Waals surface area contributed by atoms with E-state index in [4.69, 9.17) is 5.11 Å². The summed E-state index contributed by atoms with van der Waals surface area (Å²) in [5.74, 6) is -0.971. The molecule has 0 aliphatic rings. The van der Waals surface area contributed by atoms with Gasteiger partial charge in [0.1, 0.15) is 6.29 Å². The van der Waals surface area contributed by atoms with Crippen LogP contribution >= 0.6 is 0 Å². The van der Waals surface area contributed by atoms with Crippen LogP contribution in [0.5, 0.6) is 0 Å². The van der Waals surface area contributed by atoms with Gasteiger partial charge in [0.2, 0.25) is 0 Å². The molecule has 0 saturated heterocycles. The van der Waals surface area contributed by atoms with E-state index in [1.807, 2.05) is 0 Å². The van der Waals surface area contributed by atoms with Crippen LogP contribution in [-0.2, 0) is 9.59 Å². The fourth-order valence-corrected chi connectivity index (χ4v) is 0.348. The molecule has 0 spiro atoms. The normalized spacial score (nSPS) is 9.78. The molecule has 0 aromatic heterocycles. The van der Waals surface area contributed by atoms with E-state index in [0.717, 1.165) is 12.4 Å². The van der Waals surface area contributed by atoms with E-state index < -0.39 is 5.97 Å². The van der Waals surface area contributed by atoms with Gasteiger partial charge < -0.3 is 9.90 Å². The molecule has 0 rings (SSSR count). The number of rotatable bonds is 4. The molecule has 3 nitrogen and oxygen atoms in total. The van der Waals surface area contributed by atoms with Crippen molar-refractivity contribution in [1.29, 1.82) is 0 Å². The summed E-state index contributed by atoms with van der Waals surface area (Å²) in [6.45, 7) is 0. The third-order valence-electron chi connectivity index (χ3n) is 0.712. The van der Waals surface area contributed by atoms with Crippen molar-refractivity contribution in [3.8, 4) is 0 Å². The molecule has 9 heavy (non-hydrogen) atoms. The van der Waals surface area contributed by atoms with Crippen LogP contribution in [0.2, 0.25) is 0 Å². The first-order valence-electron chi connectivity index (χ1n) is 2.60. The van der Waals surface area contributed by atoms with Gasteiger partial charge in [0.25, 0.3) is 0 Å². The topological polar surface area (TPSA) is 54.4 Å². The Hall–Kier alpha value is -1.12. The van der Waals surface area contributed by atoms with Gasteiger partial charge in [-0.2, -0.15) is 0 Å². The van der Waals surface area contributed by atoms with E-state index in [9.17, 15) is 9.59 Å². The van der Waals surface area contributed by atoms with Gasteiger partial charge in [-0.3, -0.25) is 0 Å². The maximum absolute atomic E-state index is 9.79. The highest BCUT2D eigenvalue weighted by atomic mass is 16.4. The Bertz CT molecular complexity index is 126. The maximum atomic E-state index is 9.79. The number of unbranched alkanes of at least 4 members (excludes halogenated alkanes) is 1. The number of hydrogen-bond donors (Lipinski definition) is 1. The number of carbonyl (C=O) groups excluding carboxylic acids is 1. The second kappa shape index (κ2) is 5.03. The minimum absolute atomic E-state index is 0.393. The van der Waals surface area contributed by atoms with E-state index in [1.165, 1.54) is 6.08 Å². The molecule has 0 fully saturated rings. The van der Waals surface area contributed by atoms with Crippen LogP contribution in [-0.4, -0.2) is 17.4 Å². The summed E-state index contributed by atoms with van der Waals surface area (Å²) >= 11 is 0. The molecule has 0 bridgehead atoms. The molecule has 0 amide bonds. The molecule has 0 aromatic rings. The van der Waals surface area contributed by atoms with Crippen LogP contribution in [0.1, 0.15) is 12.8 Å². The molecule has 3 heteroatoms. The number of aldehydes is 1. The maximum Gasteiger partial charge on any atom is 0.327 e. The van der Waals surface area contributed by atoms with Gasteiger partial charge in [-0.25, -0.2) is 4.79 Å². The fraction of sp³-hybridized carbons (Fsp3) is 0.333. The third-order valence-corrected chi connectivity index (χ3v) is 0.712. The minimum Gasteiger partial charge on any atom is -0.478 e. The lowest BCUT2D eigenvalue weighted by molar-refractivity contribution is -0.131. The summed E-state index contributed by atoms with van der Waals surface area (Å²) in [6.07, 6.45) is 4.14. The van der Waals surface area contributed by atoms with Crippen molar-refractivity contribution in [1.82, 2.24) is 0 Å². The summed E-state index contributed by atoms with van der Waals surface area (Å²) in [5, 5.41) is 8.04. The van der Waals surface area contributed by atoms with Gasteiger partial charge in [-0.05, 0) is 6.42 Å². The number of carboxylic acid groups (broad SMARTS) is 1. The SMILES string of the molecule is O=CCC/C=C/C(=O)O. The average Bonchev–Trinajstić information content (AvgIpc) is 1.80. The lowest BCUT2D eigenvalue weighted by Gasteiger charge is -1.79. The van der Waals surface area contributed by atoms with Crippen molar-refractivity contribution in [3.63, 3.8) is 0 Å². The summed E-state index contributed by atoms with van der Waals surface area (Å²) < 4.78 is 0. The average molecular weight is 128 g/mol. The Balaban J connectivity index is 3.24. The van der Waals surface area contributed by atoms with Crippen LogP contribution in [0.25, 0.3) is 0 Å². The van der Waals surface area contributed by atoms with Crippen molar-refractivity contribution in [3.05, 3.63) is 12.2 Å². The van der Waals surface area contributed by atoms with Crippen molar-refractivity contribution in [2.45, 2.75) is 12.8 Å². The molecule has 0 radical (unpaired) electrons. The quantitative estimate of drug-likeness (QED) is 0.343. The number of allylic oxidation sites excluding steroid dienone is 1. The van der Waals surface area contributed by atoms with Crippen molar-refractivity contribution in [2.24, 2.45) is 0 Å². The molecule has 0 heterocycles. The highest BCUT2D eigenvalue weighted by Crippen LogP contribution is 1.85. The van der Waals surface area contributed by atoms with Crippen molar-refractivity contribution < 1.29 is 14.7 Å². The summed E-state index contributed by atoms with van der Waals surface area (Å²) in [5.41, 5.74) is 0. The Morgan fingerprint density at radius 1 is 1.44 bits per heavy atom. The standard InChI is InChI=1S/C6H8O3/c7-5-3-1-2-4-6(8)9/h2,4-5H,1,3H2,(H,8,9)/b4-2+. The lowest BCUT2D eigenvalue weighted by Crippen LogP contribution is -1.85. The van der Waals surface area contributed by atoms with Gasteiger partial charge in [-0.1, -0.05) is 6.08 Å². The Morgan fingerprint density at radius 3 is 2.56 bits per heavy atom. The monoisotopic (exact) mass is 128 g/mol. The van der Waals surface area contributed by atoms with Gasteiger partial charge in [0.15, 0.2) is 0 Å². The fourth-order valence-electron chi connectivity index (χ4n) is 0.348.